The minimum Gasteiger partial charge on any atom is -0.759 e. The van der Waals surface area contributed by atoms with E-state index in [2.05, 4.69) is 20.6 Å². The molecule has 0 fully saturated rings. The number of hydrogen-bond donors (Lipinski definition) is 2. The summed E-state index contributed by atoms with van der Waals surface area (Å²) in [6.45, 7) is 4.82. The predicted octanol–water partition coefficient (Wildman–Crippen LogP) is 7.29. The van der Waals surface area contributed by atoms with Crippen LogP contribution in [0.5, 0.6) is 11.5 Å². The van der Waals surface area contributed by atoms with Crippen LogP contribution in [0.25, 0.3) is 9.95 Å². The van der Waals surface area contributed by atoms with Gasteiger partial charge in [-0.2, -0.15) is 0 Å². The van der Waals surface area contributed by atoms with Crippen molar-refractivity contribution in [2.45, 2.75) is 13.8 Å². The third kappa shape index (κ3) is 12.5. The molecule has 0 aliphatic carbocycles. The molecule has 0 amide bonds. The number of nitrogens with zero attached hydrogens (tertiary/aromatic N) is 4. The van der Waals surface area contributed by atoms with Gasteiger partial charge in [0.15, 0.2) is 9.95 Å². The van der Waals surface area contributed by atoms with Crippen LogP contribution in [-0.4, -0.2) is 30.7 Å². The average Bonchev–Trinajstić information content (AvgIpc) is 2.94. The van der Waals surface area contributed by atoms with Crippen molar-refractivity contribution in [2.24, 2.45) is 0 Å². The molecule has 41 heavy (non-hydrogen) atoms. The number of anilines is 4. The SMILES string of the molecule is CCOc1cc(Nc2ccccc2)ccc1[N+]#N.CCOc1cc(Nc2ccccc2)ccc1[N+]#N.O=S(=O)([O-])[O-]. The van der Waals surface area contributed by atoms with E-state index in [1.807, 2.05) is 98.8 Å². The molecule has 0 aliphatic heterocycles. The van der Waals surface area contributed by atoms with Gasteiger partial charge in [0.05, 0.1) is 13.2 Å². The molecule has 0 aromatic heterocycles. The van der Waals surface area contributed by atoms with Crippen LogP contribution in [0, 0.1) is 10.8 Å². The zero-order valence-corrected chi connectivity index (χ0v) is 23.1. The summed E-state index contributed by atoms with van der Waals surface area (Å²) in [4.78, 5) is 6.37. The quantitative estimate of drug-likeness (QED) is 0.123. The summed E-state index contributed by atoms with van der Waals surface area (Å²) in [6.07, 6.45) is 0. The molecular weight excluding hydrogens is 548 g/mol. The normalized spacial score (nSPS) is 9.80. The summed E-state index contributed by atoms with van der Waals surface area (Å²) in [5.41, 5.74) is 4.61. The van der Waals surface area contributed by atoms with E-state index in [0.717, 1.165) is 22.7 Å². The number of ether oxygens (including phenoxy) is 2. The molecule has 0 heterocycles. The first-order valence-electron chi connectivity index (χ1n) is 12.2. The van der Waals surface area contributed by atoms with E-state index < -0.39 is 10.4 Å². The number of rotatable bonds is 8. The molecule has 2 N–H and O–H groups in total. The highest BCUT2D eigenvalue weighted by atomic mass is 32.3. The van der Waals surface area contributed by atoms with Gasteiger partial charge in [0.1, 0.15) is 0 Å². The van der Waals surface area contributed by atoms with Crippen molar-refractivity contribution in [1.82, 2.24) is 0 Å². The van der Waals surface area contributed by atoms with Gasteiger partial charge in [0, 0.05) is 57.4 Å². The van der Waals surface area contributed by atoms with Gasteiger partial charge in [-0.1, -0.05) is 36.4 Å². The minimum absolute atomic E-state index is 0.426. The second kappa shape index (κ2) is 16.7. The second-order valence-corrected chi connectivity index (χ2v) is 8.64. The Hall–Kier alpha value is -5.21. The van der Waals surface area contributed by atoms with E-state index in [9.17, 15) is 0 Å². The summed E-state index contributed by atoms with van der Waals surface area (Å²) in [5, 5.41) is 24.2. The molecule has 4 aromatic rings. The van der Waals surface area contributed by atoms with Gasteiger partial charge < -0.3 is 29.2 Å². The van der Waals surface area contributed by atoms with Crippen LogP contribution >= 0.6 is 0 Å². The molecule has 212 valence electrons. The van der Waals surface area contributed by atoms with E-state index >= 15 is 0 Å². The van der Waals surface area contributed by atoms with E-state index in [0.29, 0.717) is 36.1 Å². The van der Waals surface area contributed by atoms with Gasteiger partial charge in [-0.25, -0.2) is 0 Å². The Morgan fingerprint density at radius 3 is 1.27 bits per heavy atom. The Labute approximate surface area is 238 Å². The van der Waals surface area contributed by atoms with Crippen LogP contribution < -0.4 is 20.1 Å². The monoisotopic (exact) mass is 576 g/mol. The van der Waals surface area contributed by atoms with Crippen LogP contribution in [0.4, 0.5) is 34.1 Å². The molecule has 0 spiro atoms. The molecular formula is C28H28N6O6S. The summed E-state index contributed by atoms with van der Waals surface area (Å²) in [6, 6.07) is 30.4. The first-order valence-corrected chi connectivity index (χ1v) is 13.5. The van der Waals surface area contributed by atoms with Crippen LogP contribution in [0.3, 0.4) is 0 Å². The second-order valence-electron chi connectivity index (χ2n) is 7.82. The van der Waals surface area contributed by atoms with Crippen LogP contribution in [-0.2, 0) is 10.4 Å². The highest BCUT2D eigenvalue weighted by Gasteiger charge is 2.16. The Balaban J connectivity index is 0.000000247. The topological polar surface area (TPSA) is 179 Å². The van der Waals surface area contributed by atoms with E-state index in [-0.39, 0.29) is 0 Å². The summed E-state index contributed by atoms with van der Waals surface area (Å²) < 4.78 is 44.9. The van der Waals surface area contributed by atoms with Crippen LogP contribution in [0.2, 0.25) is 0 Å². The molecule has 4 aromatic carbocycles. The highest BCUT2D eigenvalue weighted by molar-refractivity contribution is 7.79. The number of benzene rings is 4. The van der Waals surface area contributed by atoms with Crippen molar-refractivity contribution < 1.29 is 27.0 Å². The average molecular weight is 577 g/mol. The van der Waals surface area contributed by atoms with E-state index in [4.69, 9.17) is 37.8 Å². The Bertz CT molecular complexity index is 1460. The number of hydrogen-bond acceptors (Lipinski definition) is 10. The molecule has 0 bridgehead atoms. The van der Waals surface area contributed by atoms with E-state index in [1.54, 1.807) is 12.1 Å². The molecule has 0 aliphatic rings. The fraction of sp³-hybridized carbons (Fsp3) is 0.143. The van der Waals surface area contributed by atoms with Crippen LogP contribution in [0.1, 0.15) is 13.8 Å². The summed E-state index contributed by atoms with van der Waals surface area (Å²) >= 11 is 0. The molecule has 0 radical (unpaired) electrons. The first kappa shape index (κ1) is 32.0. The van der Waals surface area contributed by atoms with Crippen molar-refractivity contribution in [3.05, 3.63) is 107 Å². The van der Waals surface area contributed by atoms with Crippen molar-refractivity contribution in [2.75, 3.05) is 23.8 Å². The van der Waals surface area contributed by atoms with Crippen LogP contribution in [0.15, 0.2) is 97.1 Å². The molecule has 4 rings (SSSR count). The highest BCUT2D eigenvalue weighted by Crippen LogP contribution is 2.33. The molecule has 12 nitrogen and oxygen atoms in total. The van der Waals surface area contributed by atoms with Gasteiger partial charge in [-0.15, -0.1) is 0 Å². The van der Waals surface area contributed by atoms with Gasteiger partial charge in [-0.05, 0) is 50.2 Å². The maximum atomic E-state index is 8.85. The largest absolute Gasteiger partial charge is 0.759 e. The fourth-order valence-corrected chi connectivity index (χ4v) is 3.27. The summed E-state index contributed by atoms with van der Waals surface area (Å²) in [5.74, 6) is 1.11. The lowest BCUT2D eigenvalue weighted by molar-refractivity contribution is 0.342. The zero-order valence-electron chi connectivity index (χ0n) is 22.3. The third-order valence-corrected chi connectivity index (χ3v) is 4.86. The zero-order chi connectivity index (χ0) is 30.1. The van der Waals surface area contributed by atoms with Gasteiger partial charge >= 0.3 is 11.4 Å². The molecule has 13 heteroatoms. The lowest BCUT2D eigenvalue weighted by atomic mass is 10.2. The first-order chi connectivity index (χ1) is 19.7. The predicted molar refractivity (Wildman–Crippen MR) is 155 cm³/mol. The smallest absolute Gasteiger partial charge is 0.426 e. The third-order valence-electron chi connectivity index (χ3n) is 4.86. The lowest BCUT2D eigenvalue weighted by Gasteiger charge is -2.07. The maximum Gasteiger partial charge on any atom is 0.426 e. The van der Waals surface area contributed by atoms with Gasteiger partial charge in [0.2, 0.25) is 22.3 Å². The molecule has 0 unspecified atom stereocenters. The number of nitrogens with one attached hydrogen (secondary N) is 2. The standard InChI is InChI=1S/2C14H14N3O.H2O4S/c2*1-2-18-14-10-12(8-9-13(14)17-15)16-11-6-4-3-5-7-11;1-5(2,3)4/h2*3-10,16H,2H2,1H3;(H2,1,2,3,4)/q2*+1;/p-2. The van der Waals surface area contributed by atoms with Crippen molar-refractivity contribution in [3.8, 4) is 11.5 Å². The van der Waals surface area contributed by atoms with Crippen molar-refractivity contribution >= 4 is 44.5 Å². The van der Waals surface area contributed by atoms with Crippen molar-refractivity contribution in [3.63, 3.8) is 0 Å². The maximum absolute atomic E-state index is 8.85. The fourth-order valence-electron chi connectivity index (χ4n) is 3.27. The van der Waals surface area contributed by atoms with Gasteiger partial charge in [-0.3, -0.25) is 8.42 Å². The molecule has 0 saturated heterocycles. The Kier molecular flexibility index (Phi) is 13.0. The molecule has 0 atom stereocenters. The summed E-state index contributed by atoms with van der Waals surface area (Å²) in [7, 11) is -5.17. The lowest BCUT2D eigenvalue weighted by Crippen LogP contribution is -1.94. The van der Waals surface area contributed by atoms with E-state index in [1.165, 1.54) is 0 Å². The number of para-hydroxylation sites is 2. The minimum atomic E-state index is -5.17. The Morgan fingerprint density at radius 2 is 0.976 bits per heavy atom. The van der Waals surface area contributed by atoms with Gasteiger partial charge in [0.25, 0.3) is 0 Å². The number of diazo groups is 2. The van der Waals surface area contributed by atoms with Crippen molar-refractivity contribution in [1.29, 1.82) is 10.8 Å². The molecule has 0 saturated carbocycles. The Morgan fingerprint density at radius 1 is 0.634 bits per heavy atom.